The number of carbonyl (C=O) groups is 1. The lowest BCUT2D eigenvalue weighted by molar-refractivity contribution is -0.145. The van der Waals surface area contributed by atoms with Crippen LogP contribution in [0.2, 0.25) is 0 Å². The third kappa shape index (κ3) is 3.60. The van der Waals surface area contributed by atoms with Gasteiger partial charge in [0.2, 0.25) is 0 Å². The van der Waals surface area contributed by atoms with E-state index in [9.17, 15) is 4.79 Å². The molecule has 4 heteroatoms. The van der Waals surface area contributed by atoms with Crippen molar-refractivity contribution in [2.75, 3.05) is 14.2 Å². The van der Waals surface area contributed by atoms with Gasteiger partial charge in [0.1, 0.15) is 18.4 Å². The van der Waals surface area contributed by atoms with Crippen molar-refractivity contribution >= 4 is 5.97 Å². The van der Waals surface area contributed by atoms with Crippen molar-refractivity contribution in [3.05, 3.63) is 65.7 Å². The summed E-state index contributed by atoms with van der Waals surface area (Å²) in [7, 11) is 3.43. The number of ether oxygens (including phenoxy) is 2. The average Bonchev–Trinajstić information content (AvgIpc) is 3.02. The second-order valence-electron chi connectivity index (χ2n) is 6.14. The molecule has 1 fully saturated rings. The Kier molecular flexibility index (Phi) is 5.16. The van der Waals surface area contributed by atoms with E-state index >= 15 is 0 Å². The molecule has 0 saturated carbocycles. The summed E-state index contributed by atoms with van der Waals surface area (Å²) < 4.78 is 10.7. The predicted molar refractivity (Wildman–Crippen MR) is 92.8 cm³/mol. The molecule has 2 atom stereocenters. The van der Waals surface area contributed by atoms with Crippen LogP contribution in [0, 0.1) is 0 Å². The Morgan fingerprint density at radius 2 is 1.79 bits per heavy atom. The summed E-state index contributed by atoms with van der Waals surface area (Å²) in [5.74, 6) is 0.704. The number of likely N-dealkylation sites (tertiary alicyclic amines) is 1. The lowest BCUT2D eigenvalue weighted by atomic mass is 10.0. The van der Waals surface area contributed by atoms with Crippen LogP contribution >= 0.6 is 0 Å². The molecule has 126 valence electrons. The standard InChI is InChI=1S/C20H23NO3/c1-21-18(12-13-19(21)20(22)23-2)16-8-10-17(11-9-16)24-14-15-6-4-3-5-7-15/h3-11,18-19H,12-14H2,1-2H3/t18-,19+/m1/s1. The van der Waals surface area contributed by atoms with E-state index in [0.29, 0.717) is 6.61 Å². The maximum atomic E-state index is 11.8. The average molecular weight is 325 g/mol. The molecule has 0 aliphatic carbocycles. The number of esters is 1. The molecular weight excluding hydrogens is 302 g/mol. The Hall–Kier alpha value is -2.33. The van der Waals surface area contributed by atoms with E-state index < -0.39 is 0 Å². The topological polar surface area (TPSA) is 38.8 Å². The van der Waals surface area contributed by atoms with Crippen molar-refractivity contribution in [3.8, 4) is 5.75 Å². The van der Waals surface area contributed by atoms with E-state index in [1.807, 2.05) is 37.4 Å². The van der Waals surface area contributed by atoms with Crippen molar-refractivity contribution < 1.29 is 14.3 Å². The lowest BCUT2D eigenvalue weighted by Crippen LogP contribution is -2.35. The first-order valence-electron chi connectivity index (χ1n) is 8.25. The maximum Gasteiger partial charge on any atom is 0.323 e. The minimum absolute atomic E-state index is 0.144. The molecule has 0 aromatic heterocycles. The number of methoxy groups -OCH3 is 1. The number of hydrogen-bond acceptors (Lipinski definition) is 4. The highest BCUT2D eigenvalue weighted by Gasteiger charge is 2.36. The van der Waals surface area contributed by atoms with Crippen LogP contribution in [0.4, 0.5) is 0 Å². The second-order valence-corrected chi connectivity index (χ2v) is 6.14. The molecule has 0 bridgehead atoms. The first-order chi connectivity index (χ1) is 11.7. The molecular formula is C20H23NO3. The fraction of sp³-hybridized carbons (Fsp3) is 0.350. The molecule has 24 heavy (non-hydrogen) atoms. The molecule has 2 aromatic carbocycles. The summed E-state index contributed by atoms with van der Waals surface area (Å²) in [6.45, 7) is 0.563. The van der Waals surface area contributed by atoms with Crippen LogP contribution in [0.1, 0.15) is 30.0 Å². The largest absolute Gasteiger partial charge is 0.489 e. The van der Waals surface area contributed by atoms with E-state index in [1.165, 1.54) is 12.7 Å². The molecule has 0 spiro atoms. The molecule has 3 rings (SSSR count). The zero-order valence-electron chi connectivity index (χ0n) is 14.1. The predicted octanol–water partition coefficient (Wildman–Crippen LogP) is 3.57. The van der Waals surface area contributed by atoms with E-state index in [-0.39, 0.29) is 18.1 Å². The molecule has 1 heterocycles. The number of nitrogens with zero attached hydrogens (tertiary/aromatic N) is 1. The molecule has 0 unspecified atom stereocenters. The van der Waals surface area contributed by atoms with Gasteiger partial charge >= 0.3 is 5.97 Å². The fourth-order valence-corrected chi connectivity index (χ4v) is 3.29. The van der Waals surface area contributed by atoms with Crippen LogP contribution in [0.5, 0.6) is 5.75 Å². The van der Waals surface area contributed by atoms with Gasteiger partial charge in [0.05, 0.1) is 7.11 Å². The molecule has 2 aromatic rings. The van der Waals surface area contributed by atoms with Crippen molar-refractivity contribution in [2.45, 2.75) is 31.5 Å². The van der Waals surface area contributed by atoms with Gasteiger partial charge in [-0.05, 0) is 43.1 Å². The van der Waals surface area contributed by atoms with Crippen molar-refractivity contribution in [1.29, 1.82) is 0 Å². The van der Waals surface area contributed by atoms with Crippen molar-refractivity contribution in [3.63, 3.8) is 0 Å². The van der Waals surface area contributed by atoms with Crippen LogP contribution in [-0.4, -0.2) is 31.1 Å². The molecule has 4 nitrogen and oxygen atoms in total. The third-order valence-electron chi connectivity index (χ3n) is 4.68. The summed E-state index contributed by atoms with van der Waals surface area (Å²) in [6.07, 6.45) is 1.79. The van der Waals surface area contributed by atoms with Gasteiger partial charge in [0.15, 0.2) is 0 Å². The van der Waals surface area contributed by atoms with E-state index in [1.54, 1.807) is 0 Å². The SMILES string of the molecule is COC(=O)[C@@H]1CC[C@H](c2ccc(OCc3ccccc3)cc2)N1C. The number of hydrogen-bond donors (Lipinski definition) is 0. The Morgan fingerprint density at radius 3 is 2.46 bits per heavy atom. The smallest absolute Gasteiger partial charge is 0.323 e. The summed E-state index contributed by atoms with van der Waals surface area (Å²) >= 11 is 0. The molecule has 0 amide bonds. The van der Waals surface area contributed by atoms with Crippen molar-refractivity contribution in [2.24, 2.45) is 0 Å². The number of benzene rings is 2. The second kappa shape index (κ2) is 7.49. The minimum Gasteiger partial charge on any atom is -0.489 e. The van der Waals surface area contributed by atoms with Crippen LogP contribution in [-0.2, 0) is 16.1 Å². The fourth-order valence-electron chi connectivity index (χ4n) is 3.29. The number of likely N-dealkylation sites (N-methyl/N-ethyl adjacent to an activating group) is 1. The first-order valence-corrected chi connectivity index (χ1v) is 8.25. The highest BCUT2D eigenvalue weighted by Crippen LogP contribution is 2.35. The third-order valence-corrected chi connectivity index (χ3v) is 4.68. The Bertz CT molecular complexity index is 669. The Morgan fingerprint density at radius 1 is 1.08 bits per heavy atom. The van der Waals surface area contributed by atoms with Gasteiger partial charge in [-0.25, -0.2) is 0 Å². The molecule has 1 aliphatic heterocycles. The normalized spacial score (nSPS) is 20.8. The van der Waals surface area contributed by atoms with E-state index in [0.717, 1.165) is 24.2 Å². The maximum absolute atomic E-state index is 11.8. The summed E-state index contributed by atoms with van der Waals surface area (Å²) in [5, 5.41) is 0. The summed E-state index contributed by atoms with van der Waals surface area (Å²) in [5.41, 5.74) is 2.36. The number of carbonyl (C=O) groups excluding carboxylic acids is 1. The molecule has 1 aliphatic rings. The van der Waals surface area contributed by atoms with Gasteiger partial charge in [-0.1, -0.05) is 42.5 Å². The monoisotopic (exact) mass is 325 g/mol. The van der Waals surface area contributed by atoms with Crippen LogP contribution in [0.3, 0.4) is 0 Å². The van der Waals surface area contributed by atoms with Gasteiger partial charge in [-0.2, -0.15) is 0 Å². The highest BCUT2D eigenvalue weighted by molar-refractivity contribution is 5.76. The van der Waals surface area contributed by atoms with Crippen molar-refractivity contribution in [1.82, 2.24) is 4.90 Å². The zero-order valence-corrected chi connectivity index (χ0v) is 14.1. The van der Waals surface area contributed by atoms with Crippen LogP contribution in [0.25, 0.3) is 0 Å². The lowest BCUT2D eigenvalue weighted by Gasteiger charge is -2.24. The number of rotatable bonds is 5. The zero-order chi connectivity index (χ0) is 16.9. The highest BCUT2D eigenvalue weighted by atomic mass is 16.5. The molecule has 0 N–H and O–H groups in total. The van der Waals surface area contributed by atoms with Gasteiger partial charge in [-0.3, -0.25) is 9.69 Å². The minimum atomic E-state index is -0.150. The van der Waals surface area contributed by atoms with E-state index in [4.69, 9.17) is 9.47 Å². The van der Waals surface area contributed by atoms with E-state index in [2.05, 4.69) is 29.2 Å². The summed E-state index contributed by atoms with van der Waals surface area (Å²) in [6, 6.07) is 18.4. The Labute approximate surface area is 143 Å². The molecule has 1 saturated heterocycles. The quantitative estimate of drug-likeness (QED) is 0.788. The van der Waals surface area contributed by atoms with Gasteiger partial charge in [0.25, 0.3) is 0 Å². The van der Waals surface area contributed by atoms with Crippen LogP contribution < -0.4 is 4.74 Å². The van der Waals surface area contributed by atoms with Gasteiger partial charge < -0.3 is 9.47 Å². The van der Waals surface area contributed by atoms with Gasteiger partial charge in [-0.15, -0.1) is 0 Å². The Balaban J connectivity index is 1.61. The van der Waals surface area contributed by atoms with Crippen LogP contribution in [0.15, 0.2) is 54.6 Å². The summed E-state index contributed by atoms with van der Waals surface area (Å²) in [4.78, 5) is 13.9. The first kappa shape index (κ1) is 16.5. The van der Waals surface area contributed by atoms with Gasteiger partial charge in [0, 0.05) is 6.04 Å². The molecule has 0 radical (unpaired) electrons.